The highest BCUT2D eigenvalue weighted by Gasteiger charge is 2.13. The Balaban J connectivity index is 2.76. The molecule has 0 aliphatic rings. The van der Waals surface area contributed by atoms with Gasteiger partial charge in [0.2, 0.25) is 0 Å². The van der Waals surface area contributed by atoms with Crippen molar-refractivity contribution < 1.29 is 4.79 Å². The number of nitrogens with zero attached hydrogens (tertiary/aromatic N) is 2. The fourth-order valence-electron chi connectivity index (χ4n) is 1.18. The van der Waals surface area contributed by atoms with Crippen LogP contribution in [0, 0.1) is 0 Å². The van der Waals surface area contributed by atoms with Crippen molar-refractivity contribution in [3.8, 4) is 0 Å². The molecule has 1 rings (SSSR count). The Labute approximate surface area is 106 Å². The number of rotatable bonds is 5. The van der Waals surface area contributed by atoms with Crippen LogP contribution < -0.4 is 10.9 Å². The number of hydrazine groups is 1. The average molecular weight is 257 g/mol. The molecule has 0 unspecified atom stereocenters. The van der Waals surface area contributed by atoms with E-state index >= 15 is 0 Å². The zero-order valence-electron chi connectivity index (χ0n) is 10.2. The molecule has 0 aromatic carbocycles. The first-order valence-corrected chi connectivity index (χ1v) is 5.81. The van der Waals surface area contributed by atoms with Crippen LogP contribution in [-0.2, 0) is 0 Å². The Morgan fingerprint density at radius 3 is 2.71 bits per heavy atom. The van der Waals surface area contributed by atoms with Gasteiger partial charge in [0.15, 0.2) is 0 Å². The van der Waals surface area contributed by atoms with Gasteiger partial charge in [0.05, 0.1) is 5.56 Å². The highest BCUT2D eigenvalue weighted by atomic mass is 35.5. The Kier molecular flexibility index (Phi) is 5.18. The number of nitrogens with one attached hydrogen (secondary N) is 2. The van der Waals surface area contributed by atoms with Gasteiger partial charge >= 0.3 is 0 Å². The predicted octanol–water partition coefficient (Wildman–Crippen LogP) is 1.76. The van der Waals surface area contributed by atoms with E-state index in [1.54, 1.807) is 26.2 Å². The third-order valence-electron chi connectivity index (χ3n) is 2.08. The van der Waals surface area contributed by atoms with Crippen LogP contribution in [0.3, 0.4) is 0 Å². The van der Waals surface area contributed by atoms with Crippen LogP contribution in [0.4, 0.5) is 5.82 Å². The molecule has 0 saturated carbocycles. The van der Waals surface area contributed by atoms with Crippen molar-refractivity contribution in [2.45, 2.75) is 13.3 Å². The minimum absolute atomic E-state index is 0.157. The quantitative estimate of drug-likeness (QED) is 0.479. The number of anilines is 1. The SMILES string of the molecule is CCCNNc1ccc(C(=O)N(C)C)c(Cl)n1. The number of halogens is 1. The Morgan fingerprint density at radius 2 is 2.18 bits per heavy atom. The fraction of sp³-hybridized carbons (Fsp3) is 0.455. The molecule has 1 aromatic heterocycles. The molecule has 94 valence electrons. The number of carbonyl (C=O) groups is 1. The average Bonchev–Trinajstić information content (AvgIpc) is 2.28. The molecule has 0 aliphatic heterocycles. The van der Waals surface area contributed by atoms with E-state index in [1.807, 2.05) is 0 Å². The van der Waals surface area contributed by atoms with Crippen LogP contribution in [0.2, 0.25) is 5.15 Å². The van der Waals surface area contributed by atoms with Gasteiger partial charge < -0.3 is 10.3 Å². The van der Waals surface area contributed by atoms with Gasteiger partial charge in [0.25, 0.3) is 5.91 Å². The van der Waals surface area contributed by atoms with Gasteiger partial charge in [0.1, 0.15) is 11.0 Å². The summed E-state index contributed by atoms with van der Waals surface area (Å²) in [6, 6.07) is 3.37. The van der Waals surface area contributed by atoms with E-state index in [2.05, 4.69) is 22.8 Å². The van der Waals surface area contributed by atoms with Gasteiger partial charge in [-0.2, -0.15) is 0 Å². The molecule has 0 spiro atoms. The summed E-state index contributed by atoms with van der Waals surface area (Å²) in [6.07, 6.45) is 1.01. The lowest BCUT2D eigenvalue weighted by Crippen LogP contribution is -2.24. The molecule has 0 fully saturated rings. The third-order valence-corrected chi connectivity index (χ3v) is 2.36. The summed E-state index contributed by atoms with van der Waals surface area (Å²) in [5.41, 5.74) is 6.30. The topological polar surface area (TPSA) is 57.3 Å². The fourth-order valence-corrected chi connectivity index (χ4v) is 1.42. The lowest BCUT2D eigenvalue weighted by Gasteiger charge is -2.12. The van der Waals surface area contributed by atoms with Crippen LogP contribution in [0.15, 0.2) is 12.1 Å². The maximum absolute atomic E-state index is 11.7. The maximum atomic E-state index is 11.7. The minimum atomic E-state index is -0.157. The molecule has 0 atom stereocenters. The largest absolute Gasteiger partial charge is 0.345 e. The number of aromatic nitrogens is 1. The highest BCUT2D eigenvalue weighted by molar-refractivity contribution is 6.32. The molecule has 5 nitrogen and oxygen atoms in total. The van der Waals surface area contributed by atoms with Crippen LogP contribution in [0.25, 0.3) is 0 Å². The predicted molar refractivity (Wildman–Crippen MR) is 69.2 cm³/mol. The summed E-state index contributed by atoms with van der Waals surface area (Å²) in [7, 11) is 3.35. The van der Waals surface area contributed by atoms with E-state index in [-0.39, 0.29) is 11.1 Å². The van der Waals surface area contributed by atoms with E-state index in [1.165, 1.54) is 4.90 Å². The van der Waals surface area contributed by atoms with E-state index in [0.29, 0.717) is 11.4 Å². The maximum Gasteiger partial charge on any atom is 0.256 e. The molecule has 0 bridgehead atoms. The van der Waals surface area contributed by atoms with Crippen molar-refractivity contribution in [2.24, 2.45) is 0 Å². The molecule has 0 radical (unpaired) electrons. The van der Waals surface area contributed by atoms with Gasteiger partial charge in [-0.1, -0.05) is 18.5 Å². The monoisotopic (exact) mass is 256 g/mol. The first-order chi connectivity index (χ1) is 8.06. The van der Waals surface area contributed by atoms with Gasteiger partial charge in [0, 0.05) is 20.6 Å². The lowest BCUT2D eigenvalue weighted by molar-refractivity contribution is 0.0827. The van der Waals surface area contributed by atoms with Crippen molar-refractivity contribution >= 4 is 23.3 Å². The van der Waals surface area contributed by atoms with Crippen molar-refractivity contribution in [1.82, 2.24) is 15.3 Å². The van der Waals surface area contributed by atoms with Crippen LogP contribution in [0.5, 0.6) is 0 Å². The second-order valence-electron chi connectivity index (χ2n) is 3.79. The molecule has 0 saturated heterocycles. The molecular formula is C11H17ClN4O. The Hall–Kier alpha value is -1.33. The van der Waals surface area contributed by atoms with Crippen molar-refractivity contribution in [3.63, 3.8) is 0 Å². The smallest absolute Gasteiger partial charge is 0.256 e. The molecule has 0 aliphatic carbocycles. The standard InChI is InChI=1S/C11H17ClN4O/c1-4-7-13-15-9-6-5-8(10(12)14-9)11(17)16(2)3/h5-6,13H,4,7H2,1-3H3,(H,14,15). The zero-order valence-corrected chi connectivity index (χ0v) is 11.0. The molecule has 6 heteroatoms. The van der Waals surface area contributed by atoms with Crippen molar-refractivity contribution in [1.29, 1.82) is 0 Å². The third kappa shape index (κ3) is 3.87. The van der Waals surface area contributed by atoms with E-state index < -0.39 is 0 Å². The first kappa shape index (κ1) is 13.7. The molecular weight excluding hydrogens is 240 g/mol. The normalized spacial score (nSPS) is 10.1. The second kappa shape index (κ2) is 6.42. The number of hydrogen-bond acceptors (Lipinski definition) is 4. The Bertz CT molecular complexity index is 395. The molecule has 1 aromatic rings. The lowest BCUT2D eigenvalue weighted by atomic mass is 10.2. The van der Waals surface area contributed by atoms with E-state index in [0.717, 1.165) is 13.0 Å². The van der Waals surface area contributed by atoms with Gasteiger partial charge in [-0.05, 0) is 18.6 Å². The summed E-state index contributed by atoms with van der Waals surface area (Å²) in [5.74, 6) is 0.439. The van der Waals surface area contributed by atoms with Gasteiger partial charge in [-0.15, -0.1) is 0 Å². The van der Waals surface area contributed by atoms with Gasteiger partial charge in [-0.25, -0.2) is 10.4 Å². The summed E-state index contributed by atoms with van der Waals surface area (Å²) in [5, 5.41) is 0.201. The molecule has 1 heterocycles. The second-order valence-corrected chi connectivity index (χ2v) is 4.14. The summed E-state index contributed by atoms with van der Waals surface area (Å²) >= 11 is 5.95. The van der Waals surface area contributed by atoms with Gasteiger partial charge in [-0.3, -0.25) is 4.79 Å². The molecule has 1 amide bonds. The summed E-state index contributed by atoms with van der Waals surface area (Å²) in [6.45, 7) is 2.89. The van der Waals surface area contributed by atoms with E-state index in [4.69, 9.17) is 11.6 Å². The number of pyridine rings is 1. The highest BCUT2D eigenvalue weighted by Crippen LogP contribution is 2.17. The van der Waals surface area contributed by atoms with Crippen LogP contribution in [-0.4, -0.2) is 36.4 Å². The van der Waals surface area contributed by atoms with Crippen LogP contribution >= 0.6 is 11.6 Å². The molecule has 2 N–H and O–H groups in total. The van der Waals surface area contributed by atoms with Crippen molar-refractivity contribution in [3.05, 3.63) is 22.8 Å². The number of carbonyl (C=O) groups excluding carboxylic acids is 1. The first-order valence-electron chi connectivity index (χ1n) is 5.43. The number of hydrogen-bond donors (Lipinski definition) is 2. The van der Waals surface area contributed by atoms with Crippen LogP contribution in [0.1, 0.15) is 23.7 Å². The Morgan fingerprint density at radius 1 is 1.47 bits per heavy atom. The molecule has 17 heavy (non-hydrogen) atoms. The minimum Gasteiger partial charge on any atom is -0.345 e. The summed E-state index contributed by atoms with van der Waals surface area (Å²) in [4.78, 5) is 17.3. The number of amides is 1. The van der Waals surface area contributed by atoms with E-state index in [9.17, 15) is 4.79 Å². The van der Waals surface area contributed by atoms with Crippen molar-refractivity contribution in [2.75, 3.05) is 26.1 Å². The zero-order chi connectivity index (χ0) is 12.8. The summed E-state index contributed by atoms with van der Waals surface area (Å²) < 4.78 is 0.